The average molecular weight is 517 g/mol. The van der Waals surface area contributed by atoms with Gasteiger partial charge in [-0.3, -0.25) is 0 Å². The molecule has 0 radical (unpaired) electrons. The maximum Gasteiger partial charge on any atom is 0.335 e. The van der Waals surface area contributed by atoms with Gasteiger partial charge < -0.3 is 14.6 Å². The lowest BCUT2D eigenvalue weighted by Crippen LogP contribution is -2.13. The highest BCUT2D eigenvalue weighted by Crippen LogP contribution is 2.23. The second-order valence-electron chi connectivity index (χ2n) is 9.63. The number of carboxylic acids is 1. The maximum atomic E-state index is 11.1. The molecular weight excluding hydrogens is 476 g/mol. The first kappa shape index (κ1) is 28.9. The Kier molecular flexibility index (Phi) is 12.3. The lowest BCUT2D eigenvalue weighted by Gasteiger charge is -2.15. The predicted molar refractivity (Wildman–Crippen MR) is 152 cm³/mol. The number of carboxylic acid groups (broad SMARTS) is 1. The zero-order chi connectivity index (χ0) is 27.0. The van der Waals surface area contributed by atoms with E-state index < -0.39 is 5.97 Å². The molecule has 3 rings (SSSR count). The number of rotatable bonds is 17. The van der Waals surface area contributed by atoms with Crippen molar-refractivity contribution in [3.8, 4) is 11.5 Å². The van der Waals surface area contributed by atoms with Gasteiger partial charge in [0.15, 0.2) is 0 Å². The van der Waals surface area contributed by atoms with Crippen molar-refractivity contribution in [2.75, 3.05) is 6.61 Å². The topological polar surface area (TPSA) is 80.5 Å². The third-order valence-electron chi connectivity index (χ3n) is 6.31. The smallest absolute Gasteiger partial charge is 0.335 e. The molecule has 0 heterocycles. The summed E-state index contributed by atoms with van der Waals surface area (Å²) < 4.78 is 11.7. The first-order valence-electron chi connectivity index (χ1n) is 13.8. The molecule has 1 atom stereocenters. The minimum absolute atomic E-state index is 0.0463. The molecule has 0 aliphatic carbocycles. The molecule has 3 aromatic carbocycles. The van der Waals surface area contributed by atoms with Gasteiger partial charge in [-0.05, 0) is 92.8 Å². The van der Waals surface area contributed by atoms with Crippen LogP contribution in [0, 0.1) is 0 Å². The number of unbranched alkanes of at least 4 members (excludes halogenated alkanes) is 5. The fourth-order valence-corrected chi connectivity index (χ4v) is 4.12. The SMILES string of the molecule is CCCCCCCCc1ccc(N=Nc2ccc(OCCCC(C)Oc3cccc(C(=O)O)c3)cc2)cc1. The van der Waals surface area contributed by atoms with Gasteiger partial charge in [0.1, 0.15) is 11.5 Å². The number of hydrogen-bond acceptors (Lipinski definition) is 5. The number of azo groups is 1. The summed E-state index contributed by atoms with van der Waals surface area (Å²) in [6.45, 7) is 4.78. The molecule has 0 amide bonds. The summed E-state index contributed by atoms with van der Waals surface area (Å²) in [5.74, 6) is 0.384. The minimum Gasteiger partial charge on any atom is -0.494 e. The van der Waals surface area contributed by atoms with Gasteiger partial charge in [-0.2, -0.15) is 10.2 Å². The molecule has 0 fully saturated rings. The van der Waals surface area contributed by atoms with E-state index in [-0.39, 0.29) is 11.7 Å². The van der Waals surface area contributed by atoms with E-state index in [1.807, 2.05) is 43.3 Å². The molecule has 6 heteroatoms. The summed E-state index contributed by atoms with van der Waals surface area (Å²) in [7, 11) is 0. The normalized spacial score (nSPS) is 11.9. The highest BCUT2D eigenvalue weighted by atomic mass is 16.5. The highest BCUT2D eigenvalue weighted by Gasteiger charge is 2.08. The largest absolute Gasteiger partial charge is 0.494 e. The molecule has 202 valence electrons. The first-order chi connectivity index (χ1) is 18.5. The van der Waals surface area contributed by atoms with Crippen LogP contribution in [0.15, 0.2) is 83.0 Å². The Morgan fingerprint density at radius 1 is 0.816 bits per heavy atom. The van der Waals surface area contributed by atoms with Gasteiger partial charge in [0.05, 0.1) is 29.6 Å². The summed E-state index contributed by atoms with van der Waals surface area (Å²) in [5, 5.41) is 17.8. The van der Waals surface area contributed by atoms with E-state index in [0.717, 1.165) is 36.4 Å². The van der Waals surface area contributed by atoms with Crippen LogP contribution in [0.1, 0.15) is 81.1 Å². The van der Waals surface area contributed by atoms with Crippen LogP contribution < -0.4 is 9.47 Å². The van der Waals surface area contributed by atoms with Crippen LogP contribution in [0.2, 0.25) is 0 Å². The van der Waals surface area contributed by atoms with Gasteiger partial charge in [0.25, 0.3) is 0 Å². The first-order valence-corrected chi connectivity index (χ1v) is 13.8. The van der Waals surface area contributed by atoms with Crippen molar-refractivity contribution in [1.29, 1.82) is 0 Å². The van der Waals surface area contributed by atoms with Gasteiger partial charge >= 0.3 is 5.97 Å². The highest BCUT2D eigenvalue weighted by molar-refractivity contribution is 5.88. The number of nitrogens with zero attached hydrogens (tertiary/aromatic N) is 2. The van der Waals surface area contributed by atoms with Gasteiger partial charge in [-0.15, -0.1) is 0 Å². The van der Waals surface area contributed by atoms with E-state index in [0.29, 0.717) is 12.4 Å². The van der Waals surface area contributed by atoms with Gasteiger partial charge in [-0.25, -0.2) is 4.79 Å². The number of benzene rings is 3. The summed E-state index contributed by atoms with van der Waals surface area (Å²) in [6, 6.07) is 22.5. The number of carbonyl (C=O) groups is 1. The summed E-state index contributed by atoms with van der Waals surface area (Å²) >= 11 is 0. The van der Waals surface area contributed by atoms with Crippen molar-refractivity contribution in [2.45, 2.75) is 77.7 Å². The van der Waals surface area contributed by atoms with Crippen LogP contribution in [0.3, 0.4) is 0 Å². The zero-order valence-corrected chi connectivity index (χ0v) is 22.6. The lowest BCUT2D eigenvalue weighted by atomic mass is 10.0. The molecule has 1 N–H and O–H groups in total. The molecule has 38 heavy (non-hydrogen) atoms. The molecule has 0 aliphatic rings. The fraction of sp³-hybridized carbons (Fsp3) is 0.406. The van der Waals surface area contributed by atoms with E-state index in [9.17, 15) is 4.79 Å². The Bertz CT molecular complexity index is 1130. The Labute approximate surface area is 226 Å². The van der Waals surface area contributed by atoms with Crippen LogP contribution in [-0.2, 0) is 6.42 Å². The number of aryl methyl sites for hydroxylation is 1. The van der Waals surface area contributed by atoms with Crippen molar-refractivity contribution in [2.24, 2.45) is 10.2 Å². The van der Waals surface area contributed by atoms with Crippen LogP contribution in [-0.4, -0.2) is 23.8 Å². The van der Waals surface area contributed by atoms with Gasteiger partial charge in [0.2, 0.25) is 0 Å². The van der Waals surface area contributed by atoms with Crippen LogP contribution in [0.5, 0.6) is 11.5 Å². The molecular formula is C32H40N2O4. The zero-order valence-electron chi connectivity index (χ0n) is 22.6. The minimum atomic E-state index is -0.961. The number of hydrogen-bond donors (Lipinski definition) is 1. The van der Waals surface area contributed by atoms with E-state index in [1.165, 1.54) is 44.1 Å². The summed E-state index contributed by atoms with van der Waals surface area (Å²) in [4.78, 5) is 11.1. The quantitative estimate of drug-likeness (QED) is 0.143. The van der Waals surface area contributed by atoms with Crippen molar-refractivity contribution < 1.29 is 19.4 Å². The van der Waals surface area contributed by atoms with Crippen molar-refractivity contribution >= 4 is 17.3 Å². The summed E-state index contributed by atoms with van der Waals surface area (Å²) in [5.41, 5.74) is 3.20. The molecule has 0 aromatic heterocycles. The van der Waals surface area contributed by atoms with Crippen LogP contribution >= 0.6 is 0 Å². The van der Waals surface area contributed by atoms with Gasteiger partial charge in [-0.1, -0.05) is 57.2 Å². The number of aromatic carboxylic acids is 1. The standard InChI is InChI=1S/C32H40N2O4/c1-3-4-5-6-7-8-12-26-15-17-28(18-16-26)33-34-29-19-21-30(22-20-29)37-23-10-11-25(2)38-31-14-9-13-27(24-31)32(35)36/h9,13-22,24-25H,3-8,10-12,23H2,1-2H3,(H,35,36). The Morgan fingerprint density at radius 3 is 2.16 bits per heavy atom. The van der Waals surface area contributed by atoms with Crippen LogP contribution in [0.25, 0.3) is 0 Å². The van der Waals surface area contributed by atoms with Gasteiger partial charge in [0, 0.05) is 0 Å². The molecule has 0 saturated heterocycles. The number of ether oxygens (including phenoxy) is 2. The fourth-order valence-electron chi connectivity index (χ4n) is 4.12. The molecule has 1 unspecified atom stereocenters. The Hall–Kier alpha value is -3.67. The lowest BCUT2D eigenvalue weighted by molar-refractivity contribution is 0.0696. The van der Waals surface area contributed by atoms with Crippen molar-refractivity contribution in [1.82, 2.24) is 0 Å². The second-order valence-corrected chi connectivity index (χ2v) is 9.63. The van der Waals surface area contributed by atoms with E-state index in [1.54, 1.807) is 24.3 Å². The molecule has 0 bridgehead atoms. The molecule has 0 aliphatic heterocycles. The third-order valence-corrected chi connectivity index (χ3v) is 6.31. The second kappa shape index (κ2) is 16.2. The van der Waals surface area contributed by atoms with E-state index in [4.69, 9.17) is 14.6 Å². The van der Waals surface area contributed by atoms with Crippen molar-refractivity contribution in [3.63, 3.8) is 0 Å². The van der Waals surface area contributed by atoms with E-state index in [2.05, 4.69) is 29.3 Å². The predicted octanol–water partition coefficient (Wildman–Crippen LogP) is 9.33. The molecule has 0 saturated carbocycles. The summed E-state index contributed by atoms with van der Waals surface area (Å²) in [6.07, 6.45) is 10.6. The Morgan fingerprint density at radius 2 is 1.47 bits per heavy atom. The van der Waals surface area contributed by atoms with E-state index >= 15 is 0 Å². The third kappa shape index (κ3) is 10.8. The molecule has 6 nitrogen and oxygen atoms in total. The maximum absolute atomic E-state index is 11.1. The average Bonchev–Trinajstić information content (AvgIpc) is 2.93. The molecule has 3 aromatic rings. The Balaban J connectivity index is 1.34. The molecule has 0 spiro atoms. The van der Waals surface area contributed by atoms with Crippen LogP contribution in [0.4, 0.5) is 11.4 Å². The van der Waals surface area contributed by atoms with Crippen molar-refractivity contribution in [3.05, 3.63) is 83.9 Å². The monoisotopic (exact) mass is 516 g/mol.